The van der Waals surface area contributed by atoms with Crippen LogP contribution in [0.15, 0.2) is 54.1 Å². The highest BCUT2D eigenvalue weighted by Gasteiger charge is 2.00. The fourth-order valence-corrected chi connectivity index (χ4v) is 2.03. The Bertz CT molecular complexity index is 470. The van der Waals surface area contributed by atoms with Gasteiger partial charge >= 0.3 is 0 Å². The first-order valence-electron chi connectivity index (χ1n) is 7.69. The second kappa shape index (κ2) is 9.98. The Morgan fingerprint density at radius 2 is 1.95 bits per heavy atom. The first-order chi connectivity index (χ1) is 10.1. The van der Waals surface area contributed by atoms with E-state index in [4.69, 9.17) is 0 Å². The molecule has 1 rings (SSSR count). The molecule has 0 aliphatic carbocycles. The van der Waals surface area contributed by atoms with Crippen LogP contribution in [0.2, 0.25) is 0 Å². The van der Waals surface area contributed by atoms with Crippen LogP contribution in [0.5, 0.6) is 0 Å². The second-order valence-corrected chi connectivity index (χ2v) is 5.81. The molecule has 1 atom stereocenters. The third-order valence-electron chi connectivity index (χ3n) is 3.33. The number of hydrogen-bond acceptors (Lipinski definition) is 1. The van der Waals surface area contributed by atoms with Crippen LogP contribution in [-0.4, -0.2) is 5.91 Å². The molecule has 2 heteroatoms. The number of nitrogens with one attached hydrogen (secondary N) is 1. The topological polar surface area (TPSA) is 29.1 Å². The maximum absolute atomic E-state index is 11.7. The monoisotopic (exact) mass is 285 g/mol. The Morgan fingerprint density at radius 3 is 2.62 bits per heavy atom. The van der Waals surface area contributed by atoms with Gasteiger partial charge in [0.2, 0.25) is 5.91 Å². The molecule has 0 aliphatic heterocycles. The van der Waals surface area contributed by atoms with Gasteiger partial charge in [-0.2, -0.15) is 0 Å². The summed E-state index contributed by atoms with van der Waals surface area (Å²) in [6, 6.07) is 9.95. The van der Waals surface area contributed by atoms with E-state index in [1.807, 2.05) is 36.4 Å². The van der Waals surface area contributed by atoms with Crippen LogP contribution in [-0.2, 0) is 11.3 Å². The lowest BCUT2D eigenvalue weighted by atomic mass is 10.0. The lowest BCUT2D eigenvalue weighted by molar-refractivity contribution is -0.116. The van der Waals surface area contributed by atoms with E-state index in [1.54, 1.807) is 6.08 Å². The van der Waals surface area contributed by atoms with E-state index in [-0.39, 0.29) is 5.91 Å². The average Bonchev–Trinajstić information content (AvgIpc) is 2.46. The summed E-state index contributed by atoms with van der Waals surface area (Å²) in [5.74, 6) is 0.592. The van der Waals surface area contributed by atoms with Crippen molar-refractivity contribution in [3.05, 3.63) is 59.7 Å². The summed E-state index contributed by atoms with van der Waals surface area (Å²) in [7, 11) is 0. The van der Waals surface area contributed by atoms with E-state index in [2.05, 4.69) is 32.2 Å². The van der Waals surface area contributed by atoms with Crippen molar-refractivity contribution in [3.63, 3.8) is 0 Å². The summed E-state index contributed by atoms with van der Waals surface area (Å²) in [4.78, 5) is 11.7. The Balaban J connectivity index is 2.20. The molecule has 1 amide bonds. The molecule has 1 aromatic carbocycles. The first-order valence-corrected chi connectivity index (χ1v) is 7.69. The molecular weight excluding hydrogens is 258 g/mol. The fraction of sp³-hybridized carbons (Fsp3) is 0.421. The van der Waals surface area contributed by atoms with Gasteiger partial charge in [0, 0.05) is 6.54 Å². The van der Waals surface area contributed by atoms with Crippen molar-refractivity contribution in [1.29, 1.82) is 0 Å². The zero-order valence-corrected chi connectivity index (χ0v) is 13.4. The van der Waals surface area contributed by atoms with Crippen LogP contribution in [0.4, 0.5) is 0 Å². The average molecular weight is 285 g/mol. The maximum Gasteiger partial charge on any atom is 0.243 e. The molecule has 0 bridgehead atoms. The van der Waals surface area contributed by atoms with Crippen LogP contribution in [0.3, 0.4) is 0 Å². The minimum absolute atomic E-state index is 0.0182. The Morgan fingerprint density at radius 1 is 1.24 bits per heavy atom. The molecule has 0 heterocycles. The number of allylic oxidation sites excluding steroid dienone is 3. The van der Waals surface area contributed by atoms with E-state index in [0.29, 0.717) is 12.5 Å². The highest BCUT2D eigenvalue weighted by atomic mass is 16.1. The van der Waals surface area contributed by atoms with Crippen LogP contribution >= 0.6 is 0 Å². The zero-order valence-electron chi connectivity index (χ0n) is 13.4. The molecule has 114 valence electrons. The number of rotatable bonds is 8. The number of benzene rings is 1. The Hall–Kier alpha value is -1.83. The third-order valence-corrected chi connectivity index (χ3v) is 3.33. The molecular formula is C19H27NO. The van der Waals surface area contributed by atoms with Crippen molar-refractivity contribution in [2.75, 3.05) is 0 Å². The summed E-state index contributed by atoms with van der Waals surface area (Å²) in [6.45, 7) is 7.06. The molecule has 1 unspecified atom stereocenters. The largest absolute Gasteiger partial charge is 0.348 e. The van der Waals surface area contributed by atoms with Gasteiger partial charge in [-0.25, -0.2) is 0 Å². The summed E-state index contributed by atoms with van der Waals surface area (Å²) < 4.78 is 0. The van der Waals surface area contributed by atoms with Gasteiger partial charge in [-0.1, -0.05) is 55.0 Å². The SMILES string of the molecule is CC(C)=CCCC(C)C/C=C/C(=O)NCc1ccccc1. The number of carbonyl (C=O) groups excluding carboxylic acids is 1. The van der Waals surface area contributed by atoms with Gasteiger partial charge in [0.05, 0.1) is 0 Å². The predicted molar refractivity (Wildman–Crippen MR) is 89.9 cm³/mol. The maximum atomic E-state index is 11.7. The molecule has 2 nitrogen and oxygen atoms in total. The number of carbonyl (C=O) groups is 1. The summed E-state index contributed by atoms with van der Waals surface area (Å²) in [6.07, 6.45) is 9.15. The lowest BCUT2D eigenvalue weighted by Crippen LogP contribution is -2.20. The lowest BCUT2D eigenvalue weighted by Gasteiger charge is -2.06. The Kier molecular flexibility index (Phi) is 8.18. The van der Waals surface area contributed by atoms with Gasteiger partial charge < -0.3 is 5.32 Å². The summed E-state index contributed by atoms with van der Waals surface area (Å²) in [5, 5.41) is 2.90. The molecule has 0 spiro atoms. The zero-order chi connectivity index (χ0) is 15.5. The number of hydrogen-bond donors (Lipinski definition) is 1. The van der Waals surface area contributed by atoms with E-state index < -0.39 is 0 Å². The highest BCUT2D eigenvalue weighted by Crippen LogP contribution is 2.12. The van der Waals surface area contributed by atoms with E-state index in [9.17, 15) is 4.79 Å². The molecule has 1 aromatic rings. The van der Waals surface area contributed by atoms with E-state index in [1.165, 1.54) is 12.0 Å². The van der Waals surface area contributed by atoms with Gasteiger partial charge in [-0.15, -0.1) is 0 Å². The molecule has 0 radical (unpaired) electrons. The van der Waals surface area contributed by atoms with Crippen LogP contribution in [0.25, 0.3) is 0 Å². The number of amides is 1. The molecule has 0 aliphatic rings. The minimum Gasteiger partial charge on any atom is -0.348 e. The van der Waals surface area contributed by atoms with Gasteiger partial charge in [-0.3, -0.25) is 4.79 Å². The van der Waals surface area contributed by atoms with E-state index >= 15 is 0 Å². The van der Waals surface area contributed by atoms with Gasteiger partial charge in [0.1, 0.15) is 0 Å². The smallest absolute Gasteiger partial charge is 0.243 e. The van der Waals surface area contributed by atoms with Crippen molar-refractivity contribution in [3.8, 4) is 0 Å². The van der Waals surface area contributed by atoms with Gasteiger partial charge in [0.15, 0.2) is 0 Å². The quantitative estimate of drug-likeness (QED) is 0.547. The molecule has 0 saturated heterocycles. The van der Waals surface area contributed by atoms with Crippen molar-refractivity contribution < 1.29 is 4.79 Å². The molecule has 0 aromatic heterocycles. The van der Waals surface area contributed by atoms with Crippen molar-refractivity contribution in [2.24, 2.45) is 5.92 Å². The first kappa shape index (κ1) is 17.2. The van der Waals surface area contributed by atoms with Gasteiger partial charge in [0.25, 0.3) is 0 Å². The van der Waals surface area contributed by atoms with Crippen molar-refractivity contribution in [1.82, 2.24) is 5.32 Å². The molecule has 21 heavy (non-hydrogen) atoms. The van der Waals surface area contributed by atoms with Crippen molar-refractivity contribution in [2.45, 2.75) is 46.6 Å². The highest BCUT2D eigenvalue weighted by molar-refractivity contribution is 5.87. The molecule has 0 fully saturated rings. The van der Waals surface area contributed by atoms with E-state index in [0.717, 1.165) is 18.4 Å². The normalized spacial score (nSPS) is 12.1. The summed E-state index contributed by atoms with van der Waals surface area (Å²) >= 11 is 0. The minimum atomic E-state index is -0.0182. The van der Waals surface area contributed by atoms with Crippen LogP contribution < -0.4 is 5.32 Å². The second-order valence-electron chi connectivity index (χ2n) is 5.81. The Labute approximate surface area is 129 Å². The fourth-order valence-electron chi connectivity index (χ4n) is 2.03. The van der Waals surface area contributed by atoms with Crippen molar-refractivity contribution >= 4 is 5.91 Å². The molecule has 1 N–H and O–H groups in total. The van der Waals surface area contributed by atoms with Gasteiger partial charge in [-0.05, 0) is 50.7 Å². The summed E-state index contributed by atoms with van der Waals surface area (Å²) in [5.41, 5.74) is 2.49. The van der Waals surface area contributed by atoms with Crippen LogP contribution in [0.1, 0.15) is 45.6 Å². The molecule has 0 saturated carbocycles. The third kappa shape index (κ3) is 8.85. The van der Waals surface area contributed by atoms with Crippen LogP contribution in [0, 0.1) is 5.92 Å². The predicted octanol–water partition coefficient (Wildman–Crippen LogP) is 4.63. The standard InChI is InChI=1S/C19H27NO/c1-16(2)9-7-10-17(3)11-8-14-19(21)20-15-18-12-5-4-6-13-18/h4-6,8-9,12-14,17H,7,10-11,15H2,1-3H3,(H,20,21)/b14-8+.